The molecule has 4 N–H and O–H groups in total. The second-order valence-corrected chi connectivity index (χ2v) is 19.1. The summed E-state index contributed by atoms with van der Waals surface area (Å²) < 4.78 is 66.5. The van der Waals surface area contributed by atoms with Crippen molar-refractivity contribution >= 4 is 69.5 Å². The predicted molar refractivity (Wildman–Crippen MR) is 276 cm³/mol. The minimum atomic E-state index is -1.01. The number of hydrogen-bond acceptors (Lipinski definition) is 12. The van der Waals surface area contributed by atoms with Gasteiger partial charge in [-0.05, 0) is 143 Å². The topological polar surface area (TPSA) is 229 Å². The van der Waals surface area contributed by atoms with Crippen LogP contribution in [0.2, 0.25) is 0 Å². The monoisotopic (exact) mass is 1160 g/mol. The molecule has 394 valence electrons. The van der Waals surface area contributed by atoms with E-state index in [2.05, 4.69) is 41.4 Å². The van der Waals surface area contributed by atoms with Crippen LogP contribution in [-0.2, 0) is 35.4 Å². The van der Waals surface area contributed by atoms with E-state index >= 15 is 0 Å². The van der Waals surface area contributed by atoms with Crippen molar-refractivity contribution in [2.45, 2.75) is 64.7 Å². The van der Waals surface area contributed by atoms with E-state index in [9.17, 15) is 46.3 Å². The van der Waals surface area contributed by atoms with Crippen LogP contribution in [-0.4, -0.2) is 79.0 Å². The maximum absolute atomic E-state index is 13.5. The molecule has 4 aromatic carbocycles. The summed E-state index contributed by atoms with van der Waals surface area (Å²) in [6.45, 7) is 3.59. The van der Waals surface area contributed by atoms with E-state index < -0.39 is 58.8 Å². The Morgan fingerprint density at radius 1 is 0.597 bits per heavy atom. The molecule has 0 bridgehead atoms. The van der Waals surface area contributed by atoms with Crippen molar-refractivity contribution in [3.05, 3.63) is 197 Å². The summed E-state index contributed by atoms with van der Waals surface area (Å²) >= 11 is 2.01. The number of carbonyl (C=O) groups excluding carboxylic acids is 6. The summed E-state index contributed by atoms with van der Waals surface area (Å²) in [7, 11) is 2.67. The van der Waals surface area contributed by atoms with Gasteiger partial charge in [-0.1, -0.05) is 24.3 Å². The third-order valence-corrected chi connectivity index (χ3v) is 14.2. The summed E-state index contributed by atoms with van der Waals surface area (Å²) in [6, 6.07) is 17.3. The number of nitrogens with zero attached hydrogens (tertiary/aromatic N) is 6. The highest BCUT2D eigenvalue weighted by atomic mass is 127. The van der Waals surface area contributed by atoms with Gasteiger partial charge in [0.2, 0.25) is 0 Å². The maximum Gasteiger partial charge on any atom is 0.338 e. The number of esters is 2. The molecule has 0 aliphatic heterocycles. The molecule has 10 rings (SSSR count). The highest BCUT2D eigenvalue weighted by Crippen LogP contribution is 2.36. The van der Waals surface area contributed by atoms with Crippen molar-refractivity contribution in [3.8, 4) is 0 Å². The SMILES string of the molecule is COC(=O)c1ccc2c(c1C)CC[C@@H]2NC(=O)c1cc(C(=O)NCc2ccc(F)c(F)c2)nc2c(I)cnn12.COC(=O)c1ccc2c(c1C)CC[C@@H]2NC(=O)c1cc(C(=O)NCc2ccc(F)c(F)c2)nc2ccnn12. The van der Waals surface area contributed by atoms with Crippen molar-refractivity contribution < 1.29 is 55.8 Å². The standard InChI is InChI=1S/C27H22F2IN5O4.C27H23F2N5O4/c1-13-15-6-8-21(17(15)5-4-16(13)27(38)39-2)34-26(37)23-10-22(33-24-20(30)12-32-35(23)24)25(36)31-11-14-3-7-18(28)19(29)9-14;1-14-16-6-8-21(18(16)5-4-17(14)27(37)38-2)33-26(36)23-12-22(32-24-9-10-31-34(23)24)25(35)30-13-15-3-7-19(28)20(29)11-15/h3-5,7,9-10,12,21H,6,8,11H2,1-2H3,(H,31,36)(H,34,37);3-5,7,9-12,21H,6,8,13H2,1-2H3,(H,30,35)(H,33,36)/t2*21-/m00/s1. The Balaban J connectivity index is 0.000000188. The summed E-state index contributed by atoms with van der Waals surface area (Å²) in [5.41, 5.74) is 7.95. The molecule has 0 unspecified atom stereocenters. The second kappa shape index (κ2) is 22.3. The zero-order chi connectivity index (χ0) is 54.8. The molecule has 2 aliphatic carbocycles. The first-order chi connectivity index (χ1) is 36.9. The van der Waals surface area contributed by atoms with Crippen LogP contribution >= 0.6 is 22.6 Å². The van der Waals surface area contributed by atoms with Crippen LogP contribution in [0.15, 0.2) is 91.3 Å². The number of halogens is 5. The number of benzene rings is 4. The summed E-state index contributed by atoms with van der Waals surface area (Å²) in [5, 5.41) is 19.7. The van der Waals surface area contributed by atoms with Gasteiger partial charge in [-0.3, -0.25) is 19.2 Å². The van der Waals surface area contributed by atoms with Gasteiger partial charge >= 0.3 is 11.9 Å². The van der Waals surface area contributed by atoms with Crippen molar-refractivity contribution in [1.29, 1.82) is 0 Å². The molecule has 18 nitrogen and oxygen atoms in total. The van der Waals surface area contributed by atoms with Gasteiger partial charge in [0.25, 0.3) is 23.6 Å². The molecule has 0 radical (unpaired) electrons. The molecule has 4 heterocycles. The third-order valence-electron chi connectivity index (χ3n) is 13.4. The zero-order valence-corrected chi connectivity index (χ0v) is 43.6. The Hall–Kier alpha value is -8.61. The molecule has 8 aromatic rings. The Morgan fingerprint density at radius 3 is 1.56 bits per heavy atom. The lowest BCUT2D eigenvalue weighted by Gasteiger charge is -2.16. The van der Waals surface area contributed by atoms with Gasteiger partial charge in [0.15, 0.2) is 34.6 Å². The van der Waals surface area contributed by atoms with E-state index in [1.165, 1.54) is 59.9 Å². The Morgan fingerprint density at radius 2 is 1.08 bits per heavy atom. The van der Waals surface area contributed by atoms with Gasteiger partial charge in [0.05, 0.1) is 53.4 Å². The molecule has 23 heteroatoms. The van der Waals surface area contributed by atoms with E-state index in [0.717, 1.165) is 57.6 Å². The van der Waals surface area contributed by atoms with E-state index in [4.69, 9.17) is 9.47 Å². The largest absolute Gasteiger partial charge is 0.465 e. The van der Waals surface area contributed by atoms with Gasteiger partial charge in [-0.25, -0.2) is 46.1 Å². The molecule has 2 aliphatic rings. The van der Waals surface area contributed by atoms with Crippen LogP contribution in [0.3, 0.4) is 0 Å². The van der Waals surface area contributed by atoms with E-state index in [0.29, 0.717) is 62.8 Å². The van der Waals surface area contributed by atoms with Crippen LogP contribution in [0.1, 0.15) is 132 Å². The molecule has 2 atom stereocenters. The number of fused-ring (bicyclic) bond motifs is 4. The fourth-order valence-corrected chi connectivity index (χ4v) is 9.91. The molecule has 4 aromatic heterocycles. The van der Waals surface area contributed by atoms with Crippen molar-refractivity contribution in [1.82, 2.24) is 50.5 Å². The average Bonchev–Trinajstić information content (AvgIpc) is 4.29. The predicted octanol–water partition coefficient (Wildman–Crippen LogP) is 7.50. The number of nitrogens with one attached hydrogen (secondary N) is 4. The minimum Gasteiger partial charge on any atom is -0.465 e. The third kappa shape index (κ3) is 10.9. The van der Waals surface area contributed by atoms with Gasteiger partial charge in [0.1, 0.15) is 22.8 Å². The lowest BCUT2D eigenvalue weighted by Crippen LogP contribution is -2.30. The van der Waals surface area contributed by atoms with Gasteiger partial charge < -0.3 is 30.7 Å². The molecule has 0 saturated carbocycles. The van der Waals surface area contributed by atoms with Crippen molar-refractivity contribution in [3.63, 3.8) is 0 Å². The van der Waals surface area contributed by atoms with Crippen LogP contribution < -0.4 is 21.3 Å². The van der Waals surface area contributed by atoms with E-state index in [1.807, 2.05) is 48.6 Å². The first-order valence-electron chi connectivity index (χ1n) is 23.8. The number of rotatable bonds is 12. The molecule has 77 heavy (non-hydrogen) atoms. The van der Waals surface area contributed by atoms with Crippen molar-refractivity contribution in [2.75, 3.05) is 14.2 Å². The summed E-state index contributed by atoms with van der Waals surface area (Å²) in [6.07, 6.45) is 5.64. The Kier molecular flexibility index (Phi) is 15.4. The maximum atomic E-state index is 13.5. The summed E-state index contributed by atoms with van der Waals surface area (Å²) in [5.74, 6) is -6.90. The number of methoxy groups -OCH3 is 2. The molecule has 0 fully saturated rings. The minimum absolute atomic E-state index is 0.0287. The smallest absolute Gasteiger partial charge is 0.338 e. The molecule has 0 saturated heterocycles. The molecule has 4 amide bonds. The zero-order valence-electron chi connectivity index (χ0n) is 41.4. The number of hydrogen-bond donors (Lipinski definition) is 4. The lowest BCUT2D eigenvalue weighted by molar-refractivity contribution is 0.0591. The van der Waals surface area contributed by atoms with Crippen molar-refractivity contribution in [2.24, 2.45) is 0 Å². The lowest BCUT2D eigenvalue weighted by atomic mass is 9.98. The summed E-state index contributed by atoms with van der Waals surface area (Å²) in [4.78, 5) is 85.4. The van der Waals surface area contributed by atoms with Gasteiger partial charge in [-0.15, -0.1) is 0 Å². The molecule has 0 spiro atoms. The Labute approximate surface area is 449 Å². The van der Waals surface area contributed by atoms with Crippen LogP contribution in [0.25, 0.3) is 11.3 Å². The molecular weight excluding hydrogens is 1120 g/mol. The van der Waals surface area contributed by atoms with E-state index in [1.54, 1.807) is 18.2 Å². The first kappa shape index (κ1) is 53.2. The van der Waals surface area contributed by atoms with Gasteiger partial charge in [0, 0.05) is 31.3 Å². The number of carbonyl (C=O) groups is 6. The highest BCUT2D eigenvalue weighted by molar-refractivity contribution is 14.1. The fraction of sp³-hybridized carbons (Fsp3) is 0.222. The number of ether oxygens (including phenoxy) is 2. The van der Waals surface area contributed by atoms with Crippen LogP contribution in [0.4, 0.5) is 17.6 Å². The molecular formula is C54H45F4IN10O8. The fourth-order valence-electron chi connectivity index (χ4n) is 9.44. The van der Waals surface area contributed by atoms with E-state index in [-0.39, 0.29) is 47.9 Å². The average molecular weight is 1160 g/mol. The first-order valence-corrected chi connectivity index (χ1v) is 24.9. The number of amides is 4. The Bertz CT molecular complexity index is 3740. The van der Waals surface area contributed by atoms with Gasteiger partial charge in [-0.2, -0.15) is 10.2 Å². The highest BCUT2D eigenvalue weighted by Gasteiger charge is 2.31. The second-order valence-electron chi connectivity index (χ2n) is 18.0. The number of aromatic nitrogens is 6. The normalized spacial score (nSPS) is 14.2. The van der Waals surface area contributed by atoms with Crippen LogP contribution in [0.5, 0.6) is 0 Å². The van der Waals surface area contributed by atoms with Crippen LogP contribution in [0, 0.1) is 40.7 Å². The quantitative estimate of drug-likeness (QED) is 0.0530.